The summed E-state index contributed by atoms with van der Waals surface area (Å²) in [7, 11) is 0. The number of nitrogens with one attached hydrogen (secondary N) is 3. The van der Waals surface area contributed by atoms with Crippen molar-refractivity contribution >= 4 is 22.4 Å². The Labute approximate surface area is 241 Å². The smallest absolute Gasteiger partial charge is 0.224 e. The lowest BCUT2D eigenvalue weighted by molar-refractivity contribution is -0.127. The SMILES string of the molecule is CCCc1cnc(N[C@@H](Cc2ccccc2)[C@@H](O)C[C@@H](Cc2ccccc2)C(=O)N[C@H](c2ncc[nH]2)C(C)C)s1. The van der Waals surface area contributed by atoms with Crippen LogP contribution in [0.5, 0.6) is 0 Å². The largest absolute Gasteiger partial charge is 0.391 e. The number of aliphatic hydroxyl groups is 1. The summed E-state index contributed by atoms with van der Waals surface area (Å²) in [6, 6.07) is 19.6. The Morgan fingerprint density at radius 3 is 2.27 bits per heavy atom. The fraction of sp³-hybridized carbons (Fsp3) is 0.406. The highest BCUT2D eigenvalue weighted by atomic mass is 32.1. The Balaban J connectivity index is 1.56. The number of aryl methyl sites for hydroxylation is 1. The minimum atomic E-state index is -0.778. The molecule has 212 valence electrons. The number of carbonyl (C=O) groups excluding carboxylic acids is 1. The van der Waals surface area contributed by atoms with Crippen molar-refractivity contribution in [2.45, 2.75) is 71.1 Å². The number of hydrogen-bond donors (Lipinski definition) is 4. The summed E-state index contributed by atoms with van der Waals surface area (Å²) in [6.07, 6.45) is 8.10. The van der Waals surface area contributed by atoms with Gasteiger partial charge in [0.25, 0.3) is 0 Å². The second-order valence-corrected chi connectivity index (χ2v) is 11.8. The minimum absolute atomic E-state index is 0.0871. The molecule has 7 nitrogen and oxygen atoms in total. The maximum atomic E-state index is 13.8. The first-order chi connectivity index (χ1) is 19.4. The van der Waals surface area contributed by atoms with Crippen LogP contribution in [-0.4, -0.2) is 38.1 Å². The van der Waals surface area contributed by atoms with Crippen LogP contribution in [0.4, 0.5) is 5.13 Å². The molecule has 0 unspecified atom stereocenters. The van der Waals surface area contributed by atoms with Gasteiger partial charge in [0.1, 0.15) is 5.82 Å². The fourth-order valence-corrected chi connectivity index (χ4v) is 5.93. The number of aromatic amines is 1. The number of aliphatic hydroxyl groups excluding tert-OH is 1. The van der Waals surface area contributed by atoms with E-state index in [9.17, 15) is 9.90 Å². The van der Waals surface area contributed by atoms with Crippen LogP contribution in [0.1, 0.15) is 61.5 Å². The number of benzene rings is 2. The zero-order chi connectivity index (χ0) is 28.3. The Bertz CT molecular complexity index is 1280. The number of aromatic nitrogens is 3. The summed E-state index contributed by atoms with van der Waals surface area (Å²) in [5.41, 5.74) is 2.18. The lowest BCUT2D eigenvalue weighted by Crippen LogP contribution is -2.42. The number of thiazole rings is 1. The molecule has 40 heavy (non-hydrogen) atoms. The van der Waals surface area contributed by atoms with Crippen LogP contribution in [0.3, 0.4) is 0 Å². The predicted octanol–water partition coefficient (Wildman–Crippen LogP) is 5.97. The predicted molar refractivity (Wildman–Crippen MR) is 162 cm³/mol. The Morgan fingerprint density at radius 1 is 1.00 bits per heavy atom. The number of anilines is 1. The summed E-state index contributed by atoms with van der Waals surface area (Å²) in [4.78, 5) is 27.1. The van der Waals surface area contributed by atoms with Crippen LogP contribution in [0.2, 0.25) is 0 Å². The van der Waals surface area contributed by atoms with E-state index in [1.807, 2.05) is 54.7 Å². The quantitative estimate of drug-likeness (QED) is 0.144. The monoisotopic (exact) mass is 559 g/mol. The molecule has 0 bridgehead atoms. The molecule has 0 radical (unpaired) electrons. The van der Waals surface area contributed by atoms with Gasteiger partial charge in [0.05, 0.1) is 18.2 Å². The van der Waals surface area contributed by atoms with Crippen molar-refractivity contribution in [3.8, 4) is 0 Å². The van der Waals surface area contributed by atoms with Gasteiger partial charge >= 0.3 is 0 Å². The van der Waals surface area contributed by atoms with E-state index in [1.165, 1.54) is 4.88 Å². The molecule has 0 aliphatic carbocycles. The van der Waals surface area contributed by atoms with E-state index in [2.05, 4.69) is 58.5 Å². The van der Waals surface area contributed by atoms with Gasteiger partial charge in [-0.2, -0.15) is 0 Å². The Morgan fingerprint density at radius 2 is 1.68 bits per heavy atom. The molecule has 4 aromatic rings. The van der Waals surface area contributed by atoms with Gasteiger partial charge in [0.15, 0.2) is 5.13 Å². The number of hydrogen-bond acceptors (Lipinski definition) is 6. The average molecular weight is 560 g/mol. The van der Waals surface area contributed by atoms with Gasteiger partial charge in [0, 0.05) is 29.4 Å². The van der Waals surface area contributed by atoms with Gasteiger partial charge in [-0.05, 0) is 42.7 Å². The van der Waals surface area contributed by atoms with Gasteiger partial charge in [-0.1, -0.05) is 87.9 Å². The highest BCUT2D eigenvalue weighted by molar-refractivity contribution is 7.15. The highest BCUT2D eigenvalue weighted by Crippen LogP contribution is 2.26. The molecule has 0 saturated heterocycles. The summed E-state index contributed by atoms with van der Waals surface area (Å²) in [5.74, 6) is 0.362. The molecule has 4 atom stereocenters. The van der Waals surface area contributed by atoms with Gasteiger partial charge in [-0.3, -0.25) is 4.79 Å². The Kier molecular flexibility index (Phi) is 10.9. The van der Waals surface area contributed by atoms with Gasteiger partial charge in [0.2, 0.25) is 5.91 Å². The maximum Gasteiger partial charge on any atom is 0.224 e. The average Bonchev–Trinajstić information content (AvgIpc) is 3.65. The van der Waals surface area contributed by atoms with Gasteiger partial charge in [-0.25, -0.2) is 9.97 Å². The summed E-state index contributed by atoms with van der Waals surface area (Å²) >= 11 is 1.63. The summed E-state index contributed by atoms with van der Waals surface area (Å²) < 4.78 is 0. The van der Waals surface area contributed by atoms with E-state index in [-0.39, 0.29) is 23.9 Å². The molecular formula is C32H41N5O2S. The first-order valence-corrected chi connectivity index (χ1v) is 15.0. The molecule has 4 rings (SSSR count). The lowest BCUT2D eigenvalue weighted by atomic mass is 9.88. The molecular weight excluding hydrogens is 518 g/mol. The third kappa shape index (κ3) is 8.50. The van der Waals surface area contributed by atoms with Crippen molar-refractivity contribution in [3.05, 3.63) is 101 Å². The zero-order valence-corrected chi connectivity index (χ0v) is 24.4. The van der Waals surface area contributed by atoms with Crippen LogP contribution in [0.15, 0.2) is 79.3 Å². The van der Waals surface area contributed by atoms with Gasteiger partial charge in [-0.15, -0.1) is 11.3 Å². The summed E-state index contributed by atoms with van der Waals surface area (Å²) in [6.45, 7) is 6.28. The summed E-state index contributed by atoms with van der Waals surface area (Å²) in [5, 5.41) is 19.2. The van der Waals surface area contributed by atoms with E-state index in [4.69, 9.17) is 0 Å². The molecule has 0 saturated carbocycles. The molecule has 2 heterocycles. The first kappa shape index (κ1) is 29.5. The van der Waals surface area contributed by atoms with Crippen molar-refractivity contribution < 1.29 is 9.90 Å². The van der Waals surface area contributed by atoms with Crippen LogP contribution in [0.25, 0.3) is 0 Å². The Hall–Kier alpha value is -3.49. The van der Waals surface area contributed by atoms with Crippen LogP contribution in [0, 0.1) is 11.8 Å². The first-order valence-electron chi connectivity index (χ1n) is 14.2. The van der Waals surface area contributed by atoms with E-state index < -0.39 is 12.0 Å². The van der Waals surface area contributed by atoms with Crippen molar-refractivity contribution in [3.63, 3.8) is 0 Å². The zero-order valence-electron chi connectivity index (χ0n) is 23.6. The van der Waals surface area contributed by atoms with E-state index >= 15 is 0 Å². The molecule has 4 N–H and O–H groups in total. The van der Waals surface area contributed by atoms with Crippen molar-refractivity contribution in [2.75, 3.05) is 5.32 Å². The lowest BCUT2D eigenvalue weighted by Gasteiger charge is -2.29. The van der Waals surface area contributed by atoms with Crippen molar-refractivity contribution in [1.82, 2.24) is 20.3 Å². The number of amides is 1. The normalized spacial score (nSPS) is 14.4. The highest BCUT2D eigenvalue weighted by Gasteiger charge is 2.31. The third-order valence-electron chi connectivity index (χ3n) is 7.12. The molecule has 0 fully saturated rings. The van der Waals surface area contributed by atoms with Crippen LogP contribution in [-0.2, 0) is 24.1 Å². The molecule has 2 aromatic carbocycles. The van der Waals surface area contributed by atoms with Crippen molar-refractivity contribution in [1.29, 1.82) is 0 Å². The van der Waals surface area contributed by atoms with Crippen LogP contribution < -0.4 is 10.6 Å². The topological polar surface area (TPSA) is 103 Å². The second kappa shape index (κ2) is 14.8. The number of nitrogens with zero attached hydrogens (tertiary/aromatic N) is 2. The molecule has 0 aliphatic rings. The molecule has 0 aliphatic heterocycles. The number of rotatable bonds is 15. The molecule has 2 aromatic heterocycles. The van der Waals surface area contributed by atoms with Crippen molar-refractivity contribution in [2.24, 2.45) is 11.8 Å². The maximum absolute atomic E-state index is 13.8. The van der Waals surface area contributed by atoms with Crippen LogP contribution >= 0.6 is 11.3 Å². The molecule has 1 amide bonds. The fourth-order valence-electron chi connectivity index (χ4n) is 4.95. The van der Waals surface area contributed by atoms with E-state index in [1.54, 1.807) is 23.7 Å². The number of imidazole rings is 1. The van der Waals surface area contributed by atoms with Gasteiger partial charge < -0.3 is 20.7 Å². The standard InChI is InChI=1S/C32H41N5O2S/c1-4-11-26-21-35-32(40-26)36-27(19-24-14-9-6-10-15-24)28(38)20-25(18-23-12-7-5-8-13-23)31(39)37-29(22(2)3)30-33-16-17-34-30/h5-10,12-17,21-22,25,27-29,38H,4,11,18-20H2,1-3H3,(H,33,34)(H,35,36)(H,37,39)/t25-,27+,28+,29+/m1/s1. The molecule has 8 heteroatoms. The number of H-pyrrole nitrogens is 1. The van der Waals surface area contributed by atoms with E-state index in [0.717, 1.165) is 34.9 Å². The minimum Gasteiger partial charge on any atom is -0.391 e. The third-order valence-corrected chi connectivity index (χ3v) is 8.11. The molecule has 0 spiro atoms. The second-order valence-electron chi connectivity index (χ2n) is 10.7. The van der Waals surface area contributed by atoms with E-state index in [0.29, 0.717) is 19.3 Å². The number of carbonyl (C=O) groups is 1.